The molecule has 31 atom stereocenters. The van der Waals surface area contributed by atoms with E-state index < -0.39 is 83.3 Å². The van der Waals surface area contributed by atoms with Gasteiger partial charge in [-0.2, -0.15) is 0 Å². The molecule has 8 bridgehead atoms. The third-order valence-electron chi connectivity index (χ3n) is 25.5. The van der Waals surface area contributed by atoms with Crippen LogP contribution < -0.4 is 34.7 Å². The monoisotopic (exact) mass is 1250 g/mol. The van der Waals surface area contributed by atoms with E-state index >= 15 is 0 Å². The number of esters is 2. The Morgan fingerprint density at radius 1 is 0.455 bits per heavy atom. The fourth-order valence-electron chi connectivity index (χ4n) is 20.1. The van der Waals surface area contributed by atoms with Crippen molar-refractivity contribution in [1.29, 1.82) is 0 Å². The molecule has 16 heterocycles. The number of hydrogen-bond acceptors (Lipinski definition) is 22. The summed E-state index contributed by atoms with van der Waals surface area (Å²) in [6.45, 7) is 27.1. The summed E-state index contributed by atoms with van der Waals surface area (Å²) in [5, 5.41) is 20.8. The molecular formula is C65H99NaO22. The van der Waals surface area contributed by atoms with E-state index in [-0.39, 0.29) is 108 Å². The van der Waals surface area contributed by atoms with Crippen LogP contribution in [-0.2, 0) is 96.1 Å². The third-order valence-corrected chi connectivity index (χ3v) is 25.5. The van der Waals surface area contributed by atoms with E-state index in [2.05, 4.69) is 41.5 Å². The number of aliphatic hydroxyl groups excluding tert-OH is 1. The zero-order chi connectivity index (χ0) is 61.8. The van der Waals surface area contributed by atoms with Crippen molar-refractivity contribution in [1.82, 2.24) is 0 Å². The molecular weight excluding hydrogens is 1160 g/mol. The predicted molar refractivity (Wildman–Crippen MR) is 297 cm³/mol. The maximum Gasteiger partial charge on any atom is 1.00 e. The number of carbonyl (C=O) groups is 3. The quantitative estimate of drug-likeness (QED) is 0.189. The molecule has 16 saturated heterocycles. The minimum absolute atomic E-state index is 0. The fraction of sp³-hybridized carbons (Fsp3) is 0.954. The summed E-state index contributed by atoms with van der Waals surface area (Å²) in [5.41, 5.74) is -2.26. The first-order valence-corrected chi connectivity index (χ1v) is 33.6. The molecule has 0 aromatic heterocycles. The molecule has 4 saturated carbocycles. The van der Waals surface area contributed by atoms with Crippen LogP contribution in [-0.4, -0.2) is 112 Å². The molecule has 20 rings (SSSR count). The molecule has 23 unspecified atom stereocenters. The molecule has 20 aliphatic rings. The van der Waals surface area contributed by atoms with E-state index in [4.69, 9.17) is 81.7 Å². The van der Waals surface area contributed by atoms with Gasteiger partial charge in [0.25, 0.3) is 0 Å². The number of fused-ring (bicyclic) bond motifs is 8. The second-order valence-electron chi connectivity index (χ2n) is 30.7. The Hall–Kier alpha value is -1.23. The maximum atomic E-state index is 12.1. The van der Waals surface area contributed by atoms with Gasteiger partial charge in [0.2, 0.25) is 35.7 Å². The molecule has 0 amide bonds. The largest absolute Gasteiger partial charge is 1.00 e. The standard InChI is InChI=1S/C19H28O8.C16H26O4.C15H24O5.C15H22O5.Na/c1-10-4-5-13-11(2)16(23-15(22)7-6-14(20)21)24-17-19(13)12(10)8-9-18(3,25-17)26-27-19;1-9-5-6-13-10(2)11(3)17-14-16(13)12(9)7-8-15(4,18-14)19-20-16;2*1-8-4-5-11-9(2)12(16)17-13-15(11)10(8)6-7-14(3,18-13)19-20-15;/h10-13,16-17H,4-9H2,1-3H3,(H,20,21);9-14H,5-8H2,1-4H3;8-13,16H,4-7H2,1-3H3;8-11,13H,4-7H2,1-3H3;/q;;;;+1/p-1/t10?,11-,12?,13?,16?,17?,18+,19?;9?,10-,11?,12?,13?,14?,15-,16?;8?,9-,10?,11?,12?,13?,14+,15?;8?,9-,10?,11?,13?,14+,15?;/m1011./s1. The zero-order valence-corrected chi connectivity index (χ0v) is 56.5. The van der Waals surface area contributed by atoms with Crippen LogP contribution in [0, 0.1) is 94.7 Å². The number of carboxylic acid groups (broad SMARTS) is 1. The number of carbonyl (C=O) groups excluding carboxylic acids is 3. The van der Waals surface area contributed by atoms with Crippen LogP contribution in [0.5, 0.6) is 0 Å². The fourth-order valence-corrected chi connectivity index (χ4v) is 20.1. The van der Waals surface area contributed by atoms with E-state index in [1.54, 1.807) is 0 Å². The molecule has 4 aliphatic carbocycles. The molecule has 492 valence electrons. The second kappa shape index (κ2) is 24.1. The summed E-state index contributed by atoms with van der Waals surface area (Å²) in [7, 11) is 0. The van der Waals surface area contributed by atoms with Crippen LogP contribution in [0.1, 0.15) is 206 Å². The Kier molecular flexibility index (Phi) is 18.3. The smallest absolute Gasteiger partial charge is 0.550 e. The molecule has 23 heteroatoms. The van der Waals surface area contributed by atoms with Gasteiger partial charge in [-0.25, -0.2) is 39.1 Å². The average molecular weight is 1260 g/mol. The summed E-state index contributed by atoms with van der Waals surface area (Å²) >= 11 is 0. The third kappa shape index (κ3) is 10.7. The molecule has 0 aromatic carbocycles. The summed E-state index contributed by atoms with van der Waals surface area (Å²) in [6, 6.07) is 0. The van der Waals surface area contributed by atoms with Gasteiger partial charge in [-0.15, -0.1) is 0 Å². The normalized spacial score (nSPS) is 56.1. The second-order valence-corrected chi connectivity index (χ2v) is 30.7. The number of ether oxygens (including phenoxy) is 9. The molecule has 88 heavy (non-hydrogen) atoms. The van der Waals surface area contributed by atoms with Crippen LogP contribution in [0.4, 0.5) is 0 Å². The number of rotatable bonds is 4. The topological polar surface area (TPSA) is 251 Å². The van der Waals surface area contributed by atoms with E-state index in [1.807, 2.05) is 48.5 Å². The van der Waals surface area contributed by atoms with Gasteiger partial charge >= 0.3 is 41.5 Å². The number of carboxylic acids is 1. The first-order chi connectivity index (χ1) is 41.1. The Balaban J connectivity index is 0.000000115. The number of hydrogen-bond donors (Lipinski definition) is 1. The minimum Gasteiger partial charge on any atom is -0.550 e. The summed E-state index contributed by atoms with van der Waals surface area (Å²) < 4.78 is 53.6. The van der Waals surface area contributed by atoms with Gasteiger partial charge in [-0.05, 0) is 165 Å². The first-order valence-electron chi connectivity index (χ1n) is 33.6. The molecule has 0 aromatic rings. The van der Waals surface area contributed by atoms with Crippen molar-refractivity contribution in [3.8, 4) is 0 Å². The van der Waals surface area contributed by atoms with Crippen LogP contribution in [0.3, 0.4) is 0 Å². The molecule has 1 N–H and O–H groups in total. The van der Waals surface area contributed by atoms with Crippen molar-refractivity contribution >= 4 is 17.9 Å². The van der Waals surface area contributed by atoms with Crippen LogP contribution in [0.25, 0.3) is 0 Å². The SMILES string of the molecule is CC1CCC2[C@@H](C)C(=O)OC3O[C@]4(C)CCC1C32OO4.CC1CCC2[C@@H](C)C(C)OC3O[C@]4(C)CCC1C32OO4.CC1CCC2[C@@H](C)C(O)OC3O[C@]4(C)CCC1C32OO4.CC1CCC2[C@@H](C)C(OC(=O)CCC(=O)[O-])OC3O[C@]4(C)CCC1C32OO4.[Na+]. The van der Waals surface area contributed by atoms with Gasteiger partial charge in [0.05, 0.1) is 18.4 Å². The molecule has 22 nitrogen and oxygen atoms in total. The van der Waals surface area contributed by atoms with Gasteiger partial charge in [0, 0.05) is 73.1 Å². The first kappa shape index (κ1) is 66.8. The van der Waals surface area contributed by atoms with Gasteiger partial charge in [-0.1, -0.05) is 55.4 Å². The van der Waals surface area contributed by atoms with E-state index in [0.717, 1.165) is 77.0 Å². The maximum absolute atomic E-state index is 12.1. The van der Waals surface area contributed by atoms with Crippen LogP contribution >= 0.6 is 0 Å². The Morgan fingerprint density at radius 2 is 0.818 bits per heavy atom. The minimum atomic E-state index is -1.28. The number of aliphatic hydroxyl groups is 1. The van der Waals surface area contributed by atoms with Crippen LogP contribution in [0.15, 0.2) is 0 Å². The van der Waals surface area contributed by atoms with Gasteiger partial charge in [-0.3, -0.25) is 9.59 Å². The summed E-state index contributed by atoms with van der Waals surface area (Å²) in [6.07, 6.45) is 11.9. The number of aliphatic carboxylic acids is 1. The van der Waals surface area contributed by atoms with Gasteiger partial charge in [0.1, 0.15) is 0 Å². The van der Waals surface area contributed by atoms with Gasteiger partial charge in [0.15, 0.2) is 47.6 Å². The Bertz CT molecular complexity index is 2500. The van der Waals surface area contributed by atoms with Crippen molar-refractivity contribution in [2.75, 3.05) is 0 Å². The Labute approximate surface area is 540 Å². The van der Waals surface area contributed by atoms with E-state index in [0.29, 0.717) is 59.7 Å². The van der Waals surface area contributed by atoms with Crippen molar-refractivity contribution in [3.05, 3.63) is 0 Å². The molecule has 0 radical (unpaired) electrons. The zero-order valence-electron chi connectivity index (χ0n) is 54.5. The summed E-state index contributed by atoms with van der Waals surface area (Å²) in [4.78, 5) is 81.5. The molecule has 4 spiro atoms. The van der Waals surface area contributed by atoms with Crippen molar-refractivity contribution in [2.24, 2.45) is 94.7 Å². The summed E-state index contributed by atoms with van der Waals surface area (Å²) in [5.74, 6) is -0.431. The predicted octanol–water partition coefficient (Wildman–Crippen LogP) is 6.11. The Morgan fingerprint density at radius 3 is 1.25 bits per heavy atom. The van der Waals surface area contributed by atoms with E-state index in [9.17, 15) is 24.6 Å². The van der Waals surface area contributed by atoms with Crippen molar-refractivity contribution in [2.45, 2.75) is 295 Å². The van der Waals surface area contributed by atoms with Crippen molar-refractivity contribution in [3.63, 3.8) is 0 Å². The van der Waals surface area contributed by atoms with Gasteiger partial charge < -0.3 is 57.6 Å². The molecule has 20 fully saturated rings. The van der Waals surface area contributed by atoms with Crippen LogP contribution in [0.2, 0.25) is 0 Å². The molecule has 16 aliphatic heterocycles. The van der Waals surface area contributed by atoms with Crippen molar-refractivity contribution < 1.29 is 136 Å². The average Bonchev–Trinajstić information content (AvgIpc) is 1.34. The van der Waals surface area contributed by atoms with E-state index in [1.165, 1.54) is 19.3 Å².